The second-order valence-electron chi connectivity index (χ2n) is 8.28. The summed E-state index contributed by atoms with van der Waals surface area (Å²) >= 11 is 5.28. The van der Waals surface area contributed by atoms with E-state index in [9.17, 15) is 18.3 Å². The van der Waals surface area contributed by atoms with Crippen LogP contribution in [0.3, 0.4) is 0 Å². The number of phenols is 1. The minimum Gasteiger partial charge on any atom is -0.507 e. The van der Waals surface area contributed by atoms with Crippen molar-refractivity contribution in [1.82, 2.24) is 23.2 Å². The molecule has 1 aromatic carbocycles. The Labute approximate surface area is 212 Å². The Bertz CT molecular complexity index is 1120. The minimum absolute atomic E-state index is 0.235. The number of thiol groups is 1. The number of aromatic nitrogens is 2. The number of nitrogens with zero attached hydrogens (tertiary/aromatic N) is 7. The highest BCUT2D eigenvalue weighted by molar-refractivity contribution is 7.94. The molecule has 0 aliphatic carbocycles. The first-order valence-corrected chi connectivity index (χ1v) is 12.5. The number of rotatable bonds is 4. The highest BCUT2D eigenvalue weighted by Gasteiger charge is 2.34. The molecule has 2 fully saturated rings. The summed E-state index contributed by atoms with van der Waals surface area (Å²) in [5.74, 6) is -0.483. The zero-order valence-corrected chi connectivity index (χ0v) is 21.8. The number of halogens is 3. The standard InChI is InChI=1S/C21H26F3N7OS.CH4S/c1-13-7-15(21(22,23)24)9-18(32)19(13)17-8-14(2)31(25-3)20(27-17)26-12-29-5-6-30-16(11-29)10-28(4)33-30;1-2/h7-9,16,32H,3,5-6,10-12H2,1-2,4H3;2H,1H3/b26-20-;/t16-;/m1./s1. The number of fused-ring (bicyclic) bond motifs is 1. The fourth-order valence-electron chi connectivity index (χ4n) is 4.23. The topological polar surface area (TPSA) is 72.5 Å². The predicted octanol–water partition coefficient (Wildman–Crippen LogP) is 3.25. The smallest absolute Gasteiger partial charge is 0.416 e. The third kappa shape index (κ3) is 6.20. The van der Waals surface area contributed by atoms with Crippen LogP contribution in [-0.4, -0.2) is 87.2 Å². The van der Waals surface area contributed by atoms with Crippen molar-refractivity contribution >= 4 is 31.5 Å². The van der Waals surface area contributed by atoms with Crippen molar-refractivity contribution in [1.29, 1.82) is 0 Å². The molecule has 35 heavy (non-hydrogen) atoms. The Morgan fingerprint density at radius 1 is 1.20 bits per heavy atom. The van der Waals surface area contributed by atoms with Crippen molar-refractivity contribution in [2.24, 2.45) is 10.1 Å². The monoisotopic (exact) mass is 529 g/mol. The maximum absolute atomic E-state index is 13.1. The summed E-state index contributed by atoms with van der Waals surface area (Å²) < 4.78 is 45.4. The zero-order valence-electron chi connectivity index (χ0n) is 20.1. The average Bonchev–Trinajstić information content (AvgIpc) is 3.17. The molecule has 13 heteroatoms. The molecule has 0 amide bonds. The Morgan fingerprint density at radius 2 is 1.91 bits per heavy atom. The molecule has 1 N–H and O–H groups in total. The molecule has 1 atom stereocenters. The number of piperazine rings is 1. The van der Waals surface area contributed by atoms with Crippen LogP contribution in [0.5, 0.6) is 5.75 Å². The van der Waals surface area contributed by atoms with E-state index in [1.807, 2.05) is 0 Å². The fourth-order valence-corrected chi connectivity index (χ4v) is 5.26. The summed E-state index contributed by atoms with van der Waals surface area (Å²) in [6, 6.07) is 3.81. The van der Waals surface area contributed by atoms with Crippen molar-refractivity contribution in [2.45, 2.75) is 26.1 Å². The first-order chi connectivity index (χ1) is 16.6. The molecule has 2 saturated heterocycles. The number of phenolic OH excluding ortho intramolecular Hbond substituents is 1. The molecule has 2 aliphatic rings. The Hall–Kier alpha value is -2.06. The molecule has 0 saturated carbocycles. The van der Waals surface area contributed by atoms with Crippen LogP contribution in [-0.2, 0) is 6.18 Å². The van der Waals surface area contributed by atoms with Crippen molar-refractivity contribution in [3.63, 3.8) is 0 Å². The first kappa shape index (κ1) is 27.5. The highest BCUT2D eigenvalue weighted by atomic mass is 32.2. The number of hydrogen-bond acceptors (Lipinski definition) is 9. The molecular formula is C22H30F3N7OS2. The van der Waals surface area contributed by atoms with Crippen LogP contribution >= 0.6 is 24.8 Å². The van der Waals surface area contributed by atoms with Crippen LogP contribution in [0.15, 0.2) is 28.3 Å². The molecule has 192 valence electrons. The SMILES string of the molecule is C=Nn1c(C)cc(-c2c(C)cc(C(F)(F)F)cc2O)n/c1=N/CN1CCN2SN(C)C[C@@H]2C1.CS. The van der Waals surface area contributed by atoms with E-state index < -0.39 is 17.5 Å². The van der Waals surface area contributed by atoms with Crippen molar-refractivity contribution in [2.75, 3.05) is 46.2 Å². The molecule has 2 aliphatic heterocycles. The fraction of sp³-hybridized carbons (Fsp3) is 0.500. The lowest BCUT2D eigenvalue weighted by Crippen LogP contribution is -2.49. The predicted molar refractivity (Wildman–Crippen MR) is 136 cm³/mol. The third-order valence-electron chi connectivity index (χ3n) is 5.77. The maximum atomic E-state index is 13.1. The van der Waals surface area contributed by atoms with Crippen LogP contribution in [0.25, 0.3) is 11.3 Å². The third-order valence-corrected chi connectivity index (χ3v) is 6.88. The van der Waals surface area contributed by atoms with Crippen LogP contribution in [0.2, 0.25) is 0 Å². The number of hydrogen-bond donors (Lipinski definition) is 2. The lowest BCUT2D eigenvalue weighted by molar-refractivity contribution is -0.137. The Morgan fingerprint density at radius 3 is 2.54 bits per heavy atom. The van der Waals surface area contributed by atoms with Gasteiger partial charge in [0.05, 0.1) is 17.9 Å². The van der Waals surface area contributed by atoms with E-state index in [1.165, 1.54) is 11.6 Å². The second kappa shape index (κ2) is 11.3. The van der Waals surface area contributed by atoms with Crippen molar-refractivity contribution in [3.05, 3.63) is 40.6 Å². The van der Waals surface area contributed by atoms with E-state index in [-0.39, 0.29) is 16.7 Å². The number of aryl methyl sites for hydroxylation is 2. The van der Waals surface area contributed by atoms with E-state index in [2.05, 4.69) is 55.0 Å². The van der Waals surface area contributed by atoms with E-state index >= 15 is 0 Å². The quantitative estimate of drug-likeness (QED) is 0.360. The molecule has 1 aromatic heterocycles. The first-order valence-electron chi connectivity index (χ1n) is 10.9. The largest absolute Gasteiger partial charge is 0.507 e. The van der Waals surface area contributed by atoms with Crippen molar-refractivity contribution < 1.29 is 18.3 Å². The van der Waals surface area contributed by atoms with Gasteiger partial charge in [0.15, 0.2) is 0 Å². The molecule has 8 nitrogen and oxygen atoms in total. The molecule has 2 aromatic rings. The Kier molecular flexibility index (Phi) is 8.91. The number of benzene rings is 1. The molecule has 0 bridgehead atoms. The van der Waals surface area contributed by atoms with E-state index in [0.29, 0.717) is 24.1 Å². The average molecular weight is 530 g/mol. The summed E-state index contributed by atoms with van der Waals surface area (Å²) in [5.41, 5.74) is 0.844. The summed E-state index contributed by atoms with van der Waals surface area (Å²) in [6.45, 7) is 10.9. The summed E-state index contributed by atoms with van der Waals surface area (Å²) in [4.78, 5) is 11.4. The lowest BCUT2D eigenvalue weighted by Gasteiger charge is -2.34. The van der Waals surface area contributed by atoms with Crippen molar-refractivity contribution in [3.8, 4) is 17.0 Å². The molecular weight excluding hydrogens is 499 g/mol. The summed E-state index contributed by atoms with van der Waals surface area (Å²) in [7, 11) is 2.08. The molecule has 3 heterocycles. The normalized spacial score (nSPS) is 19.9. The minimum atomic E-state index is -4.55. The van der Waals surface area contributed by atoms with Crippen LogP contribution < -0.4 is 5.62 Å². The van der Waals surface area contributed by atoms with Gasteiger partial charge in [0.25, 0.3) is 0 Å². The van der Waals surface area contributed by atoms with Gasteiger partial charge in [0.2, 0.25) is 5.62 Å². The lowest BCUT2D eigenvalue weighted by atomic mass is 10.00. The summed E-state index contributed by atoms with van der Waals surface area (Å²) in [5, 5.41) is 14.4. The van der Waals surface area contributed by atoms with Crippen LogP contribution in [0, 0.1) is 13.8 Å². The summed E-state index contributed by atoms with van der Waals surface area (Å²) in [6.07, 6.45) is -2.85. The highest BCUT2D eigenvalue weighted by Crippen LogP contribution is 2.38. The van der Waals surface area contributed by atoms with Gasteiger partial charge in [-0.25, -0.2) is 23.3 Å². The Balaban J connectivity index is 0.00000167. The van der Waals surface area contributed by atoms with Gasteiger partial charge in [0.1, 0.15) is 5.75 Å². The number of likely N-dealkylation sites (N-methyl/N-ethyl adjacent to an activating group) is 1. The van der Waals surface area contributed by atoms with Gasteiger partial charge in [0, 0.05) is 62.3 Å². The molecule has 4 rings (SSSR count). The van der Waals surface area contributed by atoms with Crippen LogP contribution in [0.1, 0.15) is 16.8 Å². The van der Waals surface area contributed by atoms with E-state index in [1.54, 1.807) is 31.4 Å². The van der Waals surface area contributed by atoms with Crippen LogP contribution in [0.4, 0.5) is 13.2 Å². The molecule has 0 spiro atoms. The number of aromatic hydroxyl groups is 1. The van der Waals surface area contributed by atoms with Gasteiger partial charge in [-0.15, -0.1) is 0 Å². The van der Waals surface area contributed by atoms with Gasteiger partial charge in [-0.3, -0.25) is 4.90 Å². The number of alkyl halides is 3. The van der Waals surface area contributed by atoms with Gasteiger partial charge in [-0.1, -0.05) is 0 Å². The molecule has 0 unspecified atom stereocenters. The van der Waals surface area contributed by atoms with Gasteiger partial charge in [-0.05, 0) is 50.9 Å². The second-order valence-corrected chi connectivity index (χ2v) is 9.54. The van der Waals surface area contributed by atoms with Gasteiger partial charge < -0.3 is 5.11 Å². The van der Waals surface area contributed by atoms with Gasteiger partial charge >= 0.3 is 6.18 Å². The van der Waals surface area contributed by atoms with Gasteiger partial charge in [-0.2, -0.15) is 30.9 Å². The zero-order chi connectivity index (χ0) is 25.9. The maximum Gasteiger partial charge on any atom is 0.416 e. The van der Waals surface area contributed by atoms with E-state index in [4.69, 9.17) is 0 Å². The molecule has 0 radical (unpaired) electrons. The van der Waals surface area contributed by atoms with E-state index in [0.717, 1.165) is 38.3 Å².